The average Bonchev–Trinajstić information content (AvgIpc) is 2.57. The van der Waals surface area contributed by atoms with Gasteiger partial charge in [-0.25, -0.2) is 4.79 Å². The number of carbonyl (C=O) groups is 1. The van der Waals surface area contributed by atoms with Gasteiger partial charge >= 0.3 is 6.03 Å². The van der Waals surface area contributed by atoms with E-state index in [9.17, 15) is 4.79 Å². The van der Waals surface area contributed by atoms with Gasteiger partial charge in [-0.3, -0.25) is 0 Å². The van der Waals surface area contributed by atoms with Gasteiger partial charge in [0.15, 0.2) is 0 Å². The number of aryl methyl sites for hydroxylation is 2. The molecule has 0 heterocycles. The van der Waals surface area contributed by atoms with Crippen LogP contribution in [-0.4, -0.2) is 20.3 Å². The van der Waals surface area contributed by atoms with Crippen LogP contribution in [-0.2, 0) is 0 Å². The van der Waals surface area contributed by atoms with Crippen LogP contribution < -0.4 is 20.1 Å². The van der Waals surface area contributed by atoms with E-state index in [1.54, 1.807) is 12.1 Å². The number of urea groups is 1. The molecular formula is C19H23ClN2O3. The zero-order valence-corrected chi connectivity index (χ0v) is 15.8. The van der Waals surface area contributed by atoms with E-state index in [1.807, 2.05) is 26.8 Å². The molecular weight excluding hydrogens is 340 g/mol. The van der Waals surface area contributed by atoms with Crippen LogP contribution in [0.4, 0.5) is 10.5 Å². The number of hydrogen-bond donors (Lipinski definition) is 2. The highest BCUT2D eigenvalue weighted by atomic mass is 35.5. The number of nitrogens with one attached hydrogen (secondary N) is 2. The third kappa shape index (κ3) is 4.57. The van der Waals surface area contributed by atoms with Gasteiger partial charge in [-0.1, -0.05) is 35.4 Å². The second kappa shape index (κ2) is 8.12. The maximum Gasteiger partial charge on any atom is 0.319 e. The average molecular weight is 363 g/mol. The van der Waals surface area contributed by atoms with Gasteiger partial charge in [0.05, 0.1) is 31.0 Å². The maximum atomic E-state index is 12.4. The Balaban J connectivity index is 2.14. The van der Waals surface area contributed by atoms with E-state index in [4.69, 9.17) is 21.1 Å². The van der Waals surface area contributed by atoms with Gasteiger partial charge in [0, 0.05) is 6.07 Å². The third-order valence-electron chi connectivity index (χ3n) is 3.97. The van der Waals surface area contributed by atoms with E-state index in [2.05, 4.69) is 22.8 Å². The number of halogens is 1. The van der Waals surface area contributed by atoms with E-state index >= 15 is 0 Å². The number of hydrogen-bond acceptors (Lipinski definition) is 3. The Labute approximate surface area is 153 Å². The smallest absolute Gasteiger partial charge is 0.319 e. The van der Waals surface area contributed by atoms with Crippen LogP contribution in [0.1, 0.15) is 29.7 Å². The lowest BCUT2D eigenvalue weighted by atomic mass is 10.0. The first-order valence-corrected chi connectivity index (χ1v) is 8.29. The zero-order chi connectivity index (χ0) is 18.6. The number of methoxy groups -OCH3 is 2. The summed E-state index contributed by atoms with van der Waals surface area (Å²) < 4.78 is 10.4. The van der Waals surface area contributed by atoms with Crippen molar-refractivity contribution in [2.45, 2.75) is 26.8 Å². The molecule has 6 heteroatoms. The first-order chi connectivity index (χ1) is 11.8. The molecule has 2 aromatic rings. The molecule has 0 spiro atoms. The maximum absolute atomic E-state index is 12.4. The normalized spacial score (nSPS) is 11.6. The van der Waals surface area contributed by atoms with Crippen LogP contribution in [0.3, 0.4) is 0 Å². The summed E-state index contributed by atoms with van der Waals surface area (Å²) in [6, 6.07) is 8.93. The highest BCUT2D eigenvalue weighted by Gasteiger charge is 2.15. The van der Waals surface area contributed by atoms with E-state index in [0.29, 0.717) is 22.2 Å². The van der Waals surface area contributed by atoms with Crippen molar-refractivity contribution in [1.29, 1.82) is 0 Å². The highest BCUT2D eigenvalue weighted by Crippen LogP contribution is 2.35. The molecule has 0 radical (unpaired) electrons. The van der Waals surface area contributed by atoms with Gasteiger partial charge in [0.25, 0.3) is 0 Å². The summed E-state index contributed by atoms with van der Waals surface area (Å²) in [6.45, 7) is 6.00. The van der Waals surface area contributed by atoms with E-state index in [1.165, 1.54) is 14.2 Å². The number of amides is 2. The van der Waals surface area contributed by atoms with Crippen molar-refractivity contribution in [3.8, 4) is 11.5 Å². The van der Waals surface area contributed by atoms with E-state index in [-0.39, 0.29) is 12.1 Å². The number of anilines is 1. The van der Waals surface area contributed by atoms with Gasteiger partial charge < -0.3 is 20.1 Å². The molecule has 0 saturated carbocycles. The first-order valence-electron chi connectivity index (χ1n) is 7.92. The molecule has 134 valence electrons. The molecule has 0 aromatic heterocycles. The Morgan fingerprint density at radius 1 is 1.08 bits per heavy atom. The molecule has 2 aromatic carbocycles. The minimum absolute atomic E-state index is 0.139. The summed E-state index contributed by atoms with van der Waals surface area (Å²) in [5.41, 5.74) is 3.83. The molecule has 25 heavy (non-hydrogen) atoms. The van der Waals surface area contributed by atoms with Crippen molar-refractivity contribution in [3.63, 3.8) is 0 Å². The minimum atomic E-state index is -0.340. The minimum Gasteiger partial charge on any atom is -0.495 e. The lowest BCUT2D eigenvalue weighted by molar-refractivity contribution is 0.249. The SMILES string of the molecule is COc1cc(OC)c(NC(=O)NC(C)c2cc(C)ccc2C)cc1Cl. The summed E-state index contributed by atoms with van der Waals surface area (Å²) in [4.78, 5) is 12.4. The second-order valence-corrected chi connectivity index (χ2v) is 6.27. The number of benzene rings is 2. The summed E-state index contributed by atoms with van der Waals surface area (Å²) >= 11 is 6.13. The molecule has 0 saturated heterocycles. The van der Waals surface area contributed by atoms with Gasteiger partial charge in [0.2, 0.25) is 0 Å². The fourth-order valence-corrected chi connectivity index (χ4v) is 2.86. The Morgan fingerprint density at radius 2 is 1.76 bits per heavy atom. The number of rotatable bonds is 5. The molecule has 0 aliphatic heterocycles. The molecule has 5 nitrogen and oxygen atoms in total. The van der Waals surface area contributed by atoms with Crippen LogP contribution in [0.2, 0.25) is 5.02 Å². The predicted octanol–water partition coefficient (Wildman–Crippen LogP) is 4.86. The molecule has 0 aliphatic rings. The fourth-order valence-electron chi connectivity index (χ4n) is 2.62. The molecule has 1 unspecified atom stereocenters. The molecule has 2 rings (SSSR count). The Bertz CT molecular complexity index is 778. The van der Waals surface area contributed by atoms with Crippen LogP contribution in [0, 0.1) is 13.8 Å². The summed E-state index contributed by atoms with van der Waals surface area (Å²) in [5.74, 6) is 0.948. The predicted molar refractivity (Wildman–Crippen MR) is 101 cm³/mol. The largest absolute Gasteiger partial charge is 0.495 e. The van der Waals surface area contributed by atoms with Crippen molar-refractivity contribution in [2.24, 2.45) is 0 Å². The number of carbonyl (C=O) groups excluding carboxylic acids is 1. The summed E-state index contributed by atoms with van der Waals surface area (Å²) in [5, 5.41) is 6.10. The van der Waals surface area contributed by atoms with Gasteiger partial charge in [-0.2, -0.15) is 0 Å². The number of ether oxygens (including phenoxy) is 2. The van der Waals surface area contributed by atoms with Crippen molar-refractivity contribution in [1.82, 2.24) is 5.32 Å². The quantitative estimate of drug-likeness (QED) is 0.798. The Hall–Kier alpha value is -2.40. The standard InChI is InChI=1S/C19H23ClN2O3/c1-11-6-7-12(2)14(8-11)13(3)21-19(23)22-16-9-15(20)17(24-4)10-18(16)25-5/h6-10,13H,1-5H3,(H2,21,22,23). The third-order valence-corrected chi connectivity index (χ3v) is 4.27. The second-order valence-electron chi connectivity index (χ2n) is 5.87. The lowest BCUT2D eigenvalue weighted by Crippen LogP contribution is -2.31. The van der Waals surface area contributed by atoms with Crippen molar-refractivity contribution in [2.75, 3.05) is 19.5 Å². The Kier molecular flexibility index (Phi) is 6.15. The van der Waals surface area contributed by atoms with Crippen LogP contribution >= 0.6 is 11.6 Å². The molecule has 2 N–H and O–H groups in total. The summed E-state index contributed by atoms with van der Waals surface area (Å²) in [6.07, 6.45) is 0. The highest BCUT2D eigenvalue weighted by molar-refractivity contribution is 6.32. The molecule has 0 aliphatic carbocycles. The first kappa shape index (κ1) is 18.9. The van der Waals surface area contributed by atoms with Gasteiger partial charge in [0.1, 0.15) is 11.5 Å². The van der Waals surface area contributed by atoms with Crippen LogP contribution in [0.5, 0.6) is 11.5 Å². The van der Waals surface area contributed by atoms with Gasteiger partial charge in [-0.15, -0.1) is 0 Å². The van der Waals surface area contributed by atoms with Crippen LogP contribution in [0.15, 0.2) is 30.3 Å². The lowest BCUT2D eigenvalue weighted by Gasteiger charge is -2.19. The molecule has 1 atom stereocenters. The van der Waals surface area contributed by atoms with Crippen molar-refractivity contribution < 1.29 is 14.3 Å². The fraction of sp³-hybridized carbons (Fsp3) is 0.316. The topological polar surface area (TPSA) is 59.6 Å². The Morgan fingerprint density at radius 3 is 2.40 bits per heavy atom. The monoisotopic (exact) mass is 362 g/mol. The molecule has 0 fully saturated rings. The van der Waals surface area contributed by atoms with E-state index < -0.39 is 0 Å². The molecule has 2 amide bonds. The van der Waals surface area contributed by atoms with Crippen molar-refractivity contribution >= 4 is 23.3 Å². The van der Waals surface area contributed by atoms with E-state index in [0.717, 1.165) is 16.7 Å². The van der Waals surface area contributed by atoms with Crippen molar-refractivity contribution in [3.05, 3.63) is 52.0 Å². The molecule has 0 bridgehead atoms. The van der Waals surface area contributed by atoms with Crippen LogP contribution in [0.25, 0.3) is 0 Å². The summed E-state index contributed by atoms with van der Waals surface area (Å²) in [7, 11) is 3.04. The van der Waals surface area contributed by atoms with Gasteiger partial charge in [-0.05, 0) is 38.0 Å². The zero-order valence-electron chi connectivity index (χ0n) is 15.1.